The summed E-state index contributed by atoms with van der Waals surface area (Å²) >= 11 is 0. The quantitative estimate of drug-likeness (QED) is 0.0195. The molecule has 0 N–H and O–H groups in total. The Hall–Kier alpha value is -8.04. The molecular formula is C98H154MnO22. The van der Waals surface area contributed by atoms with E-state index in [-0.39, 0.29) is 64.0 Å². The average Bonchev–Trinajstić information content (AvgIpc) is 0.824. The Balaban J connectivity index is 0.00000236. The molecule has 0 amide bonds. The second-order valence-corrected chi connectivity index (χ2v) is 30.6. The predicted octanol–water partition coefficient (Wildman–Crippen LogP) is 21.8. The van der Waals surface area contributed by atoms with Crippen LogP contribution < -0.4 is 38.6 Å². The molecular weight excluding hydrogens is 1580 g/mol. The topological polar surface area (TPSA) is 293 Å². The number of rotatable bonds is 86. The zero-order valence-electron chi connectivity index (χ0n) is 74.0. The molecule has 0 unspecified atom stereocenters. The number of carboxylic acid groups (broad SMARTS) is 2. The normalized spacial score (nSPS) is 10.6. The van der Waals surface area contributed by atoms with Crippen molar-refractivity contribution in [2.45, 2.75) is 347 Å². The number of unbranched alkanes of at least 4 members (excludes halogenated alkanes) is 48. The van der Waals surface area contributed by atoms with Crippen LogP contribution >= 0.6 is 0 Å². The third-order valence-corrected chi connectivity index (χ3v) is 20.2. The molecule has 0 fully saturated rings. The van der Waals surface area contributed by atoms with Crippen LogP contribution in [-0.4, -0.2) is 127 Å². The van der Waals surface area contributed by atoms with E-state index >= 15 is 0 Å². The van der Waals surface area contributed by atoms with Crippen LogP contribution in [0.1, 0.15) is 367 Å². The van der Waals surface area contributed by atoms with Crippen molar-refractivity contribution >= 4 is 47.8 Å². The van der Waals surface area contributed by atoms with Crippen molar-refractivity contribution in [1.29, 1.82) is 0 Å². The van der Waals surface area contributed by atoms with Crippen LogP contribution in [0.25, 0.3) is 0 Å². The van der Waals surface area contributed by atoms with Crippen LogP contribution in [0.4, 0.5) is 0 Å². The number of benzene rings is 2. The molecule has 0 saturated heterocycles. The Morgan fingerprint density at radius 2 is 0.314 bits per heavy atom. The van der Waals surface area contributed by atoms with E-state index in [9.17, 15) is 48.6 Å². The van der Waals surface area contributed by atoms with Crippen molar-refractivity contribution in [1.82, 2.24) is 0 Å². The Morgan fingerprint density at radius 3 is 0.438 bits per heavy atom. The number of ether oxygens (including phenoxy) is 12. The third kappa shape index (κ3) is 69.1. The van der Waals surface area contributed by atoms with E-state index in [1.54, 1.807) is 0 Å². The molecule has 121 heavy (non-hydrogen) atoms. The summed E-state index contributed by atoms with van der Waals surface area (Å²) in [5.41, 5.74) is 0.00530. The minimum atomic E-state index is -1.29. The number of carbonyl (C=O) groups is 8. The van der Waals surface area contributed by atoms with E-state index in [4.69, 9.17) is 56.8 Å². The molecule has 22 nitrogen and oxygen atoms in total. The van der Waals surface area contributed by atoms with Gasteiger partial charge in [-0.3, -0.25) is 0 Å². The van der Waals surface area contributed by atoms with Crippen LogP contribution in [0.2, 0.25) is 0 Å². The predicted molar refractivity (Wildman–Crippen MR) is 471 cm³/mol. The first-order valence-corrected chi connectivity index (χ1v) is 45.9. The molecule has 0 atom stereocenters. The van der Waals surface area contributed by atoms with Gasteiger partial charge in [0.1, 0.15) is 0 Å². The first-order valence-electron chi connectivity index (χ1n) is 45.9. The number of aromatic carboxylic acids is 2. The molecule has 0 aromatic heterocycles. The fourth-order valence-electron chi connectivity index (χ4n) is 13.2. The molecule has 0 saturated carbocycles. The fourth-order valence-corrected chi connectivity index (χ4v) is 13.2. The van der Waals surface area contributed by atoms with Crippen LogP contribution in [-0.2, 0) is 74.3 Å². The van der Waals surface area contributed by atoms with Crippen molar-refractivity contribution in [3.05, 3.63) is 111 Å². The Bertz CT molecular complexity index is 2720. The van der Waals surface area contributed by atoms with Gasteiger partial charge in [0.25, 0.3) is 0 Å². The molecule has 0 spiro atoms. The summed E-state index contributed by atoms with van der Waals surface area (Å²) < 4.78 is 67.5. The molecule has 685 valence electrons. The molecule has 0 aliphatic rings. The molecule has 0 bridgehead atoms. The summed E-state index contributed by atoms with van der Waals surface area (Å²) in [7, 11) is 0. The molecule has 2 aromatic carbocycles. The smallest absolute Gasteiger partial charge is 0.545 e. The second-order valence-electron chi connectivity index (χ2n) is 30.6. The van der Waals surface area contributed by atoms with Gasteiger partial charge in [0.15, 0.2) is 23.0 Å². The summed E-state index contributed by atoms with van der Waals surface area (Å²) in [6, 6.07) is 5.97. The summed E-state index contributed by atoms with van der Waals surface area (Å²) in [6.45, 7) is 25.8. The maximum Gasteiger partial charge on any atom is 2.00 e. The summed E-state index contributed by atoms with van der Waals surface area (Å²) in [6.07, 6.45) is 64.0. The van der Waals surface area contributed by atoms with Gasteiger partial charge in [-0.05, 0) is 101 Å². The van der Waals surface area contributed by atoms with Gasteiger partial charge in [-0.25, -0.2) is 28.8 Å². The van der Waals surface area contributed by atoms with E-state index in [0.29, 0.717) is 114 Å². The molecule has 2 aromatic rings. The molecule has 2 rings (SSSR count). The van der Waals surface area contributed by atoms with Crippen LogP contribution in [0.3, 0.4) is 0 Å². The summed E-state index contributed by atoms with van der Waals surface area (Å²) in [5, 5.41) is 24.0. The van der Waals surface area contributed by atoms with Gasteiger partial charge in [-0.2, -0.15) is 0 Å². The van der Waals surface area contributed by atoms with E-state index in [1.165, 1.54) is 73.6 Å². The van der Waals surface area contributed by atoms with Gasteiger partial charge in [0, 0.05) is 47.6 Å². The van der Waals surface area contributed by atoms with Gasteiger partial charge >= 0.3 is 52.9 Å². The monoisotopic (exact) mass is 1740 g/mol. The number of carbonyl (C=O) groups excluding carboxylic acids is 8. The van der Waals surface area contributed by atoms with Gasteiger partial charge < -0.3 is 76.6 Å². The maximum atomic E-state index is 12.0. The third-order valence-electron chi connectivity index (χ3n) is 20.2. The average molecular weight is 1740 g/mol. The molecule has 1 radical (unpaired) electrons. The van der Waals surface area contributed by atoms with E-state index in [0.717, 1.165) is 334 Å². The van der Waals surface area contributed by atoms with Crippen molar-refractivity contribution in [3.8, 4) is 34.5 Å². The maximum absolute atomic E-state index is 12.0. The first kappa shape index (κ1) is 113. The second kappa shape index (κ2) is 84.2. The molecule has 23 heteroatoms. The van der Waals surface area contributed by atoms with E-state index in [1.807, 2.05) is 0 Å². The van der Waals surface area contributed by atoms with E-state index < -0.39 is 11.9 Å². The van der Waals surface area contributed by atoms with E-state index in [2.05, 4.69) is 39.5 Å². The zero-order valence-corrected chi connectivity index (χ0v) is 75.2. The van der Waals surface area contributed by atoms with Crippen molar-refractivity contribution in [2.24, 2.45) is 0 Å². The number of carboxylic acids is 2. The molecule has 0 aliphatic carbocycles. The summed E-state index contributed by atoms with van der Waals surface area (Å²) in [4.78, 5) is 90.7. The molecule has 0 heterocycles. The van der Waals surface area contributed by atoms with Crippen LogP contribution in [0.5, 0.6) is 34.5 Å². The van der Waals surface area contributed by atoms with Crippen LogP contribution in [0, 0.1) is 0 Å². The van der Waals surface area contributed by atoms with Gasteiger partial charge in [0.05, 0.1) is 91.2 Å². The molecule has 0 aliphatic heterocycles. The largest absolute Gasteiger partial charge is 2.00 e. The standard InChI is InChI=1S/2C49H78O11.Mn/c2*1-4-45(50)57-36-30-24-18-12-7-10-16-22-28-34-55-43-40-42(49(53)54)41-44(56-35-29-23-17-11-8-13-19-25-31-37-58-46(51)5-2)48(43)60-39-33-27-21-15-9-14-20-26-32-38-59-47(52)6-3;/h2*4-6,40-41H,1-3,7-39H2,(H,53,54);/q;;+2/p-2. The number of esters is 6. The first-order chi connectivity index (χ1) is 58.6. The van der Waals surface area contributed by atoms with Crippen molar-refractivity contribution in [2.75, 3.05) is 79.3 Å². The minimum Gasteiger partial charge on any atom is -0.545 e. The van der Waals surface area contributed by atoms with Gasteiger partial charge in [0.2, 0.25) is 11.5 Å². The zero-order chi connectivity index (χ0) is 87.5. The number of hydrogen-bond donors (Lipinski definition) is 0. The van der Waals surface area contributed by atoms with Crippen LogP contribution in [0.15, 0.2) is 100 Å². The Labute approximate surface area is 738 Å². The number of hydrogen-bond acceptors (Lipinski definition) is 22. The summed E-state index contributed by atoms with van der Waals surface area (Å²) in [5.74, 6) is -2.35. The SMILES string of the molecule is C=CC(=O)OCCCCCCCCCCCOc1cc(C(=O)[O-])cc(OCCCCCCCCCCCOC(=O)C=C)c1OCCCCCCCCCCCOC(=O)C=C.C=CC(=O)OCCCCCCCCCCCOc1cc(C(=O)[O-])cc(OCCCCCCCCCCCOC(=O)C=C)c1OCCCCCCCCCCCOC(=O)C=C.[Mn+2]. The minimum absolute atomic E-state index is 0. The van der Waals surface area contributed by atoms with Crippen molar-refractivity contribution < 1.29 is 122 Å². The van der Waals surface area contributed by atoms with Crippen molar-refractivity contribution in [3.63, 3.8) is 0 Å². The van der Waals surface area contributed by atoms with Gasteiger partial charge in [-0.1, -0.05) is 309 Å². The fraction of sp³-hybridized carbons (Fsp3) is 0.673. The van der Waals surface area contributed by atoms with Gasteiger partial charge in [-0.15, -0.1) is 0 Å². The Morgan fingerprint density at radius 1 is 0.198 bits per heavy atom. The Kier molecular flexibility index (Phi) is 78.6.